The summed E-state index contributed by atoms with van der Waals surface area (Å²) in [5, 5.41) is 9.93. The SMILES string of the molecule is CCc1cc(Nc2ncc(Br)c(Nc3ccc4nccnc4c3P(C)(C)=O)n2)c(OC)cc1N1CCC(N2CCN(CCC3CCN(c4ccc(C5CCC(=O)NC5=O)cc4)CC3)CC2)CC1. The Balaban J connectivity index is 0.746. The number of halogens is 1. The van der Waals surface area contributed by atoms with Crippen molar-refractivity contribution in [1.82, 2.24) is 35.1 Å². The quantitative estimate of drug-likeness (QED) is 0.0728. The molecule has 6 heterocycles. The number of nitrogens with one attached hydrogen (secondary N) is 3. The molecule has 0 spiro atoms. The molecule has 2 amide bonds. The van der Waals surface area contributed by atoms with Crippen molar-refractivity contribution in [3.8, 4) is 5.75 Å². The normalized spacial score (nSPS) is 19.4. The number of aromatic nitrogens is 4. The number of ether oxygens (including phenoxy) is 1. The number of anilines is 6. The van der Waals surface area contributed by atoms with Gasteiger partial charge in [0.2, 0.25) is 17.8 Å². The van der Waals surface area contributed by atoms with E-state index < -0.39 is 7.14 Å². The maximum atomic E-state index is 13.5. The van der Waals surface area contributed by atoms with Crippen LogP contribution in [0.2, 0.25) is 0 Å². The number of aryl methyl sites for hydroxylation is 1. The minimum Gasteiger partial charge on any atom is -0.494 e. The van der Waals surface area contributed by atoms with Crippen molar-refractivity contribution in [2.75, 3.05) is 99.8 Å². The average molecular weight is 993 g/mol. The summed E-state index contributed by atoms with van der Waals surface area (Å²) < 4.78 is 20.2. The molecule has 5 aromatic rings. The smallest absolute Gasteiger partial charge is 0.234 e. The molecule has 4 saturated heterocycles. The first-order chi connectivity index (χ1) is 32.4. The number of imide groups is 1. The molecule has 1 atom stereocenters. The Morgan fingerprint density at radius 2 is 1.57 bits per heavy atom. The van der Waals surface area contributed by atoms with E-state index in [2.05, 4.69) is 110 Å². The molecule has 3 N–H and O–H groups in total. The lowest BCUT2D eigenvalue weighted by Crippen LogP contribution is -2.53. The molecule has 0 radical (unpaired) electrons. The van der Waals surface area contributed by atoms with Crippen LogP contribution in [0, 0.1) is 5.92 Å². The molecule has 2 aromatic heterocycles. The van der Waals surface area contributed by atoms with E-state index >= 15 is 0 Å². The number of hydrogen-bond acceptors (Lipinski definition) is 14. The van der Waals surface area contributed by atoms with Gasteiger partial charge in [-0.25, -0.2) is 4.98 Å². The number of amides is 2. The number of nitrogens with zero attached hydrogens (tertiary/aromatic N) is 8. The topological polar surface area (TPSA) is 161 Å². The van der Waals surface area contributed by atoms with Crippen LogP contribution in [0.15, 0.2) is 71.6 Å². The summed E-state index contributed by atoms with van der Waals surface area (Å²) in [4.78, 5) is 52.7. The molecular weight excluding hydrogens is 930 g/mol. The highest BCUT2D eigenvalue weighted by atomic mass is 79.9. The summed E-state index contributed by atoms with van der Waals surface area (Å²) in [5.74, 6) is 1.82. The van der Waals surface area contributed by atoms with E-state index in [1.807, 2.05) is 12.1 Å². The molecule has 4 aliphatic rings. The van der Waals surface area contributed by atoms with Crippen molar-refractivity contribution in [2.24, 2.45) is 5.92 Å². The molecule has 9 rings (SSSR count). The van der Waals surface area contributed by atoms with Crippen LogP contribution >= 0.6 is 23.1 Å². The summed E-state index contributed by atoms with van der Waals surface area (Å²) in [6.45, 7) is 15.6. The van der Waals surface area contributed by atoms with Crippen molar-refractivity contribution in [1.29, 1.82) is 0 Å². The van der Waals surface area contributed by atoms with Gasteiger partial charge in [-0.3, -0.25) is 29.8 Å². The fourth-order valence-electron chi connectivity index (χ4n) is 10.5. The van der Waals surface area contributed by atoms with Crippen LogP contribution in [0.4, 0.5) is 34.5 Å². The van der Waals surface area contributed by atoms with Crippen LogP contribution in [0.5, 0.6) is 5.75 Å². The maximum Gasteiger partial charge on any atom is 0.234 e. The number of methoxy groups -OCH3 is 1. The molecule has 17 heteroatoms. The van der Waals surface area contributed by atoms with Crippen molar-refractivity contribution < 1.29 is 18.9 Å². The molecule has 4 aliphatic heterocycles. The second-order valence-electron chi connectivity index (χ2n) is 18.8. The predicted molar refractivity (Wildman–Crippen MR) is 272 cm³/mol. The van der Waals surface area contributed by atoms with Crippen LogP contribution in [0.1, 0.15) is 68.9 Å². The van der Waals surface area contributed by atoms with Crippen LogP contribution in [-0.4, -0.2) is 127 Å². The molecular formula is C50H63BrN11O4P. The molecule has 3 aromatic carbocycles. The third-order valence-corrected chi connectivity index (χ3v) is 16.4. The second-order valence-corrected chi connectivity index (χ2v) is 22.8. The van der Waals surface area contributed by atoms with E-state index in [0.717, 1.165) is 94.5 Å². The molecule has 1 unspecified atom stereocenters. The fourth-order valence-corrected chi connectivity index (χ4v) is 12.2. The largest absolute Gasteiger partial charge is 0.494 e. The first-order valence-electron chi connectivity index (χ1n) is 23.9. The third kappa shape index (κ3) is 10.8. The number of piperidine rings is 3. The highest BCUT2D eigenvalue weighted by molar-refractivity contribution is 9.10. The molecule has 0 saturated carbocycles. The van der Waals surface area contributed by atoms with Gasteiger partial charge in [0.15, 0.2) is 0 Å². The number of rotatable bonds is 14. The number of fused-ring (bicyclic) bond motifs is 1. The van der Waals surface area contributed by atoms with Gasteiger partial charge in [0.05, 0.1) is 39.7 Å². The van der Waals surface area contributed by atoms with Crippen LogP contribution < -0.4 is 35.8 Å². The van der Waals surface area contributed by atoms with Crippen LogP contribution in [-0.2, 0) is 20.6 Å². The molecule has 4 fully saturated rings. The zero-order chi connectivity index (χ0) is 46.7. The zero-order valence-corrected chi connectivity index (χ0v) is 41.6. The van der Waals surface area contributed by atoms with Crippen molar-refractivity contribution >= 4 is 85.7 Å². The molecule has 0 bridgehead atoms. The Kier molecular flexibility index (Phi) is 14.4. The Morgan fingerprint density at radius 3 is 2.27 bits per heavy atom. The van der Waals surface area contributed by atoms with Gasteiger partial charge in [-0.15, -0.1) is 0 Å². The second kappa shape index (κ2) is 20.6. The van der Waals surface area contributed by atoms with E-state index in [9.17, 15) is 14.2 Å². The fraction of sp³-hybridized carbons (Fsp3) is 0.480. The van der Waals surface area contributed by atoms with E-state index in [-0.39, 0.29) is 17.7 Å². The molecule has 0 aliphatic carbocycles. The number of piperazine rings is 1. The predicted octanol–water partition coefficient (Wildman–Crippen LogP) is 7.90. The van der Waals surface area contributed by atoms with Gasteiger partial charge in [0.25, 0.3) is 0 Å². The van der Waals surface area contributed by atoms with Crippen molar-refractivity contribution in [3.63, 3.8) is 0 Å². The summed E-state index contributed by atoms with van der Waals surface area (Å²) in [7, 11) is -1.06. The zero-order valence-electron chi connectivity index (χ0n) is 39.1. The lowest BCUT2D eigenvalue weighted by Gasteiger charge is -2.44. The monoisotopic (exact) mass is 991 g/mol. The Labute approximate surface area is 402 Å². The molecule has 354 valence electrons. The van der Waals surface area contributed by atoms with E-state index in [1.165, 1.54) is 42.7 Å². The molecule has 15 nitrogen and oxygen atoms in total. The van der Waals surface area contributed by atoms with Gasteiger partial charge in [0.1, 0.15) is 24.2 Å². The minimum absolute atomic E-state index is 0.170. The average Bonchev–Trinajstić information content (AvgIpc) is 3.34. The minimum atomic E-state index is -2.77. The van der Waals surface area contributed by atoms with Gasteiger partial charge in [0, 0.05) is 101 Å². The number of carbonyl (C=O) groups excluding carboxylic acids is 2. The van der Waals surface area contributed by atoms with E-state index in [4.69, 9.17) is 9.72 Å². The van der Waals surface area contributed by atoms with E-state index in [0.29, 0.717) is 57.1 Å². The van der Waals surface area contributed by atoms with Crippen molar-refractivity contribution in [3.05, 3.63) is 82.7 Å². The highest BCUT2D eigenvalue weighted by Gasteiger charge is 2.31. The van der Waals surface area contributed by atoms with Gasteiger partial charge < -0.3 is 34.6 Å². The number of carbonyl (C=O) groups is 2. The summed E-state index contributed by atoms with van der Waals surface area (Å²) >= 11 is 3.61. The number of hydrogen-bond donors (Lipinski definition) is 3. The van der Waals surface area contributed by atoms with Gasteiger partial charge >= 0.3 is 0 Å². The number of benzene rings is 3. The first kappa shape index (κ1) is 46.9. The lowest BCUT2D eigenvalue weighted by atomic mass is 9.90. The van der Waals surface area contributed by atoms with Crippen molar-refractivity contribution in [2.45, 2.75) is 70.3 Å². The highest BCUT2D eigenvalue weighted by Crippen LogP contribution is 2.42. The standard InChI is InChI=1S/C50H63BrN11O4P/c1-5-34-30-42(56-50-54-32-39(51)48(58-50)55-41-12-11-40-46(53-20-19-52-40)47(41)67(3,4)65)44(66-2)31-43(34)62-24-17-37(18-25-62)61-28-26-59(27-29-61)21-14-33-15-22-60(23-16-33)36-8-6-35(7-9-36)38-10-13-45(63)57-49(38)64/h6-9,11-12,19-20,30-33,37-38H,5,10,13-18,21-29H2,1-4H3,(H,57,63,64)(H2,54,55,56,58). The van der Waals surface area contributed by atoms with Crippen LogP contribution in [0.3, 0.4) is 0 Å². The van der Waals surface area contributed by atoms with Gasteiger partial charge in [-0.05, 0) is 128 Å². The summed E-state index contributed by atoms with van der Waals surface area (Å²) in [6.07, 6.45) is 12.8. The Hall–Kier alpha value is -5.15. The summed E-state index contributed by atoms with van der Waals surface area (Å²) in [5.41, 5.74) is 7.41. The first-order valence-corrected chi connectivity index (χ1v) is 27.3. The lowest BCUT2D eigenvalue weighted by molar-refractivity contribution is -0.134. The van der Waals surface area contributed by atoms with Gasteiger partial charge in [-0.1, -0.05) is 19.1 Å². The Bertz CT molecular complexity index is 2620. The van der Waals surface area contributed by atoms with Crippen LogP contribution in [0.25, 0.3) is 11.0 Å². The Morgan fingerprint density at radius 1 is 0.836 bits per heavy atom. The third-order valence-electron chi connectivity index (χ3n) is 14.3. The maximum absolute atomic E-state index is 13.5. The van der Waals surface area contributed by atoms with E-state index in [1.54, 1.807) is 39.0 Å². The molecule has 67 heavy (non-hydrogen) atoms. The van der Waals surface area contributed by atoms with Gasteiger partial charge in [-0.2, -0.15) is 4.98 Å². The summed E-state index contributed by atoms with van der Waals surface area (Å²) in [6, 6.07) is 17.1.